The molecule has 2 N–H and O–H groups in total. The van der Waals surface area contributed by atoms with Crippen LogP contribution in [-0.2, 0) is 9.47 Å². The fraction of sp³-hybridized carbons (Fsp3) is 0.462. The van der Waals surface area contributed by atoms with Crippen molar-refractivity contribution in [3.63, 3.8) is 0 Å². The molecule has 3 aliphatic heterocycles. The van der Waals surface area contributed by atoms with Gasteiger partial charge in [-0.25, -0.2) is 9.37 Å². The molecular weight excluding hydrogens is 654 g/mol. The molecule has 0 spiro atoms. The van der Waals surface area contributed by atoms with E-state index in [-0.39, 0.29) is 41.2 Å². The molecule has 49 heavy (non-hydrogen) atoms. The van der Waals surface area contributed by atoms with E-state index in [1.54, 1.807) is 24.3 Å². The Morgan fingerprint density at radius 3 is 2.51 bits per heavy atom. The Bertz CT molecular complexity index is 2210. The molecule has 260 valence electrons. The maximum Gasteiger partial charge on any atom is 0.336 e. The zero-order valence-corrected chi connectivity index (χ0v) is 29.4. The van der Waals surface area contributed by atoms with E-state index in [2.05, 4.69) is 5.32 Å². The minimum atomic E-state index is -3.12. The number of nitrogens with one attached hydrogen (secondary N) is 1. The molecule has 2 fully saturated rings. The van der Waals surface area contributed by atoms with Gasteiger partial charge in [-0.3, -0.25) is 4.79 Å². The van der Waals surface area contributed by atoms with Crippen LogP contribution >= 0.6 is 11.6 Å². The van der Waals surface area contributed by atoms with E-state index in [4.69, 9.17) is 37.5 Å². The molecule has 2 aromatic carbocycles. The van der Waals surface area contributed by atoms with Crippen LogP contribution < -0.4 is 15.4 Å². The highest BCUT2D eigenvalue weighted by Crippen LogP contribution is 2.43. The highest BCUT2D eigenvalue weighted by atomic mass is 35.5. The number of amides is 1. The Kier molecular flexibility index (Phi) is 7.54. The molecule has 10 heteroatoms. The molecule has 0 saturated carbocycles. The van der Waals surface area contributed by atoms with Crippen LogP contribution in [-0.4, -0.2) is 100 Å². The van der Waals surface area contributed by atoms with Gasteiger partial charge in [-0.05, 0) is 88.3 Å². The number of carboxylic acid groups (broad SMARTS) is 1. The van der Waals surface area contributed by atoms with E-state index in [0.717, 1.165) is 35.2 Å². The Labute approximate surface area is 313 Å². The molecule has 2 saturated heterocycles. The lowest BCUT2D eigenvalue weighted by Crippen LogP contribution is -2.50. The zero-order chi connectivity index (χ0) is 45.1. The number of carbonyl (C=O) groups excluding carboxylic acids is 1. The van der Waals surface area contributed by atoms with Gasteiger partial charge in [-0.2, -0.15) is 0 Å². The van der Waals surface area contributed by atoms with Crippen molar-refractivity contribution in [1.82, 2.24) is 5.32 Å². The summed E-state index contributed by atoms with van der Waals surface area (Å²) in [5, 5.41) is 14.4. The number of rotatable bonds is 16. The van der Waals surface area contributed by atoms with E-state index in [9.17, 15) is 14.7 Å². The lowest BCUT2D eigenvalue weighted by molar-refractivity contribution is -0.582. The number of hydrogen-bond donors (Lipinski definition) is 2. The number of benzene rings is 2. The highest BCUT2D eigenvalue weighted by Gasteiger charge is 2.42. The predicted molar refractivity (Wildman–Crippen MR) is 200 cm³/mol. The van der Waals surface area contributed by atoms with Crippen molar-refractivity contribution in [2.45, 2.75) is 51.5 Å². The number of allylic oxidation sites excluding steroid dienone is 5. The van der Waals surface area contributed by atoms with Gasteiger partial charge in [0.25, 0.3) is 5.91 Å². The van der Waals surface area contributed by atoms with Crippen molar-refractivity contribution in [3.05, 3.63) is 87.6 Å². The summed E-state index contributed by atoms with van der Waals surface area (Å²) in [6, 6.07) is 8.70. The summed E-state index contributed by atoms with van der Waals surface area (Å²) in [5.74, 6) is -1.18. The Balaban J connectivity index is 1.39. The van der Waals surface area contributed by atoms with E-state index in [1.165, 1.54) is 30.3 Å². The third-order valence-corrected chi connectivity index (χ3v) is 12.7. The summed E-state index contributed by atoms with van der Waals surface area (Å²) in [5.41, 5.74) is 1.42. The third-order valence-electron chi connectivity index (χ3n) is 8.94. The quantitative estimate of drug-likeness (QED) is 0.0992. The van der Waals surface area contributed by atoms with Gasteiger partial charge < -0.3 is 24.8 Å². The standard InChI is InChI=1S/C39H48ClN3O5Si/c1-49(2)35-26-29(42-17-7-18-42)10-13-32(35)37(33-14-11-30(27-36(33)49)43-19-8-20-43)34-25-28(9-12-31(34)39(45)46)38(44)41-16-22-48-24-23-47-21-6-4-3-5-15-40/h9-14,25-27H,3-8,15-24H2,1-2H3,(H-,41,44,45,46)/p+1/i7D2,8D2,17D2,18D2,19D2,20D2. The number of nitrogens with zero attached hydrogens (tertiary/aromatic N) is 2. The van der Waals surface area contributed by atoms with Crippen LogP contribution in [0.5, 0.6) is 0 Å². The second-order valence-corrected chi connectivity index (χ2v) is 17.2. The minimum Gasteiger partial charge on any atom is -0.478 e. The first-order chi connectivity index (χ1) is 28.3. The number of halogens is 1. The Morgan fingerprint density at radius 1 is 0.959 bits per heavy atom. The molecule has 1 aliphatic carbocycles. The number of hydrogen-bond acceptors (Lipinski definition) is 5. The van der Waals surface area contributed by atoms with Crippen LogP contribution in [0.4, 0.5) is 5.69 Å². The minimum absolute atomic E-state index is 0.0190. The van der Waals surface area contributed by atoms with E-state index < -0.39 is 58.7 Å². The van der Waals surface area contributed by atoms with Crippen molar-refractivity contribution in [3.8, 4) is 0 Å². The number of carboxylic acids is 1. The largest absolute Gasteiger partial charge is 0.478 e. The molecule has 8 nitrogen and oxygen atoms in total. The Hall–Kier alpha value is -3.50. The first kappa shape index (κ1) is 23.1. The molecular formula is C39H49ClN3O5Si+. The van der Waals surface area contributed by atoms with Crippen LogP contribution in [0.2, 0.25) is 13.1 Å². The van der Waals surface area contributed by atoms with E-state index >= 15 is 0 Å². The smallest absolute Gasteiger partial charge is 0.336 e. The van der Waals surface area contributed by atoms with E-state index in [0.29, 0.717) is 52.8 Å². The van der Waals surface area contributed by atoms with Gasteiger partial charge in [0.1, 0.15) is 26.6 Å². The summed E-state index contributed by atoms with van der Waals surface area (Å²) < 4.78 is 112. The summed E-state index contributed by atoms with van der Waals surface area (Å²) >= 11 is 5.70. The van der Waals surface area contributed by atoms with Crippen molar-refractivity contribution in [2.75, 3.05) is 69.7 Å². The molecule has 4 aliphatic rings. The molecule has 1 amide bonds. The molecule has 0 bridgehead atoms. The van der Waals surface area contributed by atoms with Crippen LogP contribution in [0.25, 0.3) is 5.57 Å². The Morgan fingerprint density at radius 2 is 1.73 bits per heavy atom. The average molecular weight is 715 g/mol. The van der Waals surface area contributed by atoms with Crippen LogP contribution in [0.3, 0.4) is 0 Å². The molecule has 2 aromatic rings. The fourth-order valence-corrected chi connectivity index (χ4v) is 9.53. The lowest BCUT2D eigenvalue weighted by atomic mass is 9.86. The number of ether oxygens (including phenoxy) is 2. The maximum atomic E-state index is 13.5. The number of aromatic carboxylic acids is 1. The van der Waals surface area contributed by atoms with Crippen LogP contribution in [0.15, 0.2) is 65.4 Å². The highest BCUT2D eigenvalue weighted by molar-refractivity contribution is 6.98. The molecule has 0 radical (unpaired) electrons. The summed E-state index contributed by atoms with van der Waals surface area (Å²) in [6.45, 7) is -5.51. The molecule has 6 rings (SSSR count). The van der Waals surface area contributed by atoms with Crippen molar-refractivity contribution < 1.29 is 45.2 Å². The topological polar surface area (TPSA) is 91.1 Å². The first-order valence-corrected chi connectivity index (χ1v) is 20.0. The van der Waals surface area contributed by atoms with Gasteiger partial charge in [0.05, 0.1) is 31.8 Å². The number of carbonyl (C=O) groups is 2. The number of alkyl halides is 1. The van der Waals surface area contributed by atoms with Crippen molar-refractivity contribution >= 4 is 53.7 Å². The van der Waals surface area contributed by atoms with Gasteiger partial charge in [0.2, 0.25) is 0 Å². The second kappa shape index (κ2) is 16.0. The number of anilines is 1. The summed E-state index contributed by atoms with van der Waals surface area (Å²) in [6.07, 6.45) is 2.83. The van der Waals surface area contributed by atoms with Crippen LogP contribution in [0.1, 0.15) is 86.7 Å². The zero-order valence-electron chi connectivity index (χ0n) is 39.6. The van der Waals surface area contributed by atoms with Crippen molar-refractivity contribution in [1.29, 1.82) is 0 Å². The maximum absolute atomic E-state index is 13.5. The molecule has 0 unspecified atom stereocenters. The normalized spacial score (nSPS) is 27.4. The van der Waals surface area contributed by atoms with Gasteiger partial charge in [0, 0.05) is 66.4 Å². The second-order valence-electron chi connectivity index (χ2n) is 12.5. The summed E-state index contributed by atoms with van der Waals surface area (Å²) in [4.78, 5) is 27.2. The van der Waals surface area contributed by atoms with Gasteiger partial charge in [-0.15, -0.1) is 11.6 Å². The van der Waals surface area contributed by atoms with Crippen LogP contribution in [0, 0.1) is 0 Å². The fourth-order valence-electron chi connectivity index (χ4n) is 6.27. The first-order valence-electron chi connectivity index (χ1n) is 22.5. The average Bonchev–Trinajstić information content (AvgIpc) is 3.17. The van der Waals surface area contributed by atoms with Gasteiger partial charge >= 0.3 is 5.97 Å². The van der Waals surface area contributed by atoms with Crippen molar-refractivity contribution in [2.24, 2.45) is 0 Å². The predicted octanol–water partition coefficient (Wildman–Crippen LogP) is 5.78. The van der Waals surface area contributed by atoms with Gasteiger partial charge in [0.15, 0.2) is 5.71 Å². The SMILES string of the molecule is [2H]C1([2H])N(c2ccc3c(c2)[Si](C)(C)C2=CC(=[N+]4C([2H])([2H])C([2H])([2H])C4([2H])[2H])C=CC2=C3c2cc(C(=O)NCCOCCOCCCCCCCl)ccc2C(=O)O)C([2H])([2H])C1([2H])[2H]. The third kappa shape index (κ3) is 7.80. The number of fused-ring (bicyclic) bond motifs is 2. The van der Waals surface area contributed by atoms with E-state index in [1.807, 2.05) is 13.1 Å². The lowest BCUT2D eigenvalue weighted by Gasteiger charge is -2.40. The monoisotopic (exact) mass is 714 g/mol. The number of unbranched alkanes of at least 4 members (excludes halogenated alkanes) is 3. The molecule has 3 heterocycles. The van der Waals surface area contributed by atoms with Gasteiger partial charge in [-0.1, -0.05) is 32.0 Å². The molecule has 0 aromatic heterocycles. The summed E-state index contributed by atoms with van der Waals surface area (Å²) in [7, 11) is -3.12. The molecule has 0 atom stereocenters.